The van der Waals surface area contributed by atoms with Crippen LogP contribution >= 0.6 is 23.2 Å². The van der Waals surface area contributed by atoms with Gasteiger partial charge in [-0.1, -0.05) is 29.3 Å². The third kappa shape index (κ3) is 1.45. The molecule has 1 aromatic carbocycles. The molecule has 0 fully saturated rings. The van der Waals surface area contributed by atoms with Crippen LogP contribution < -0.4 is 5.69 Å². The number of H-pyrrole nitrogens is 1. The lowest BCUT2D eigenvalue weighted by molar-refractivity contribution is 0.988. The van der Waals surface area contributed by atoms with E-state index in [4.69, 9.17) is 23.2 Å². The van der Waals surface area contributed by atoms with E-state index in [9.17, 15) is 4.79 Å². The Hall–Kier alpha value is -1.19. The molecule has 0 saturated carbocycles. The monoisotopic (exact) mass is 228 g/mol. The van der Waals surface area contributed by atoms with Gasteiger partial charge in [0, 0.05) is 12.4 Å². The molecule has 1 aromatic heterocycles. The summed E-state index contributed by atoms with van der Waals surface area (Å²) >= 11 is 11.9. The minimum absolute atomic E-state index is 0.264. The van der Waals surface area contributed by atoms with E-state index in [1.165, 1.54) is 10.8 Å². The summed E-state index contributed by atoms with van der Waals surface area (Å²) in [6.45, 7) is 0. The fourth-order valence-electron chi connectivity index (χ4n) is 1.22. The minimum Gasteiger partial charge on any atom is -0.312 e. The zero-order valence-corrected chi connectivity index (χ0v) is 8.51. The van der Waals surface area contributed by atoms with Crippen LogP contribution in [0.25, 0.3) is 5.69 Å². The van der Waals surface area contributed by atoms with Gasteiger partial charge < -0.3 is 4.98 Å². The molecule has 0 atom stereocenters. The van der Waals surface area contributed by atoms with Crippen molar-refractivity contribution in [3.8, 4) is 5.69 Å². The van der Waals surface area contributed by atoms with Crippen LogP contribution in [-0.4, -0.2) is 9.55 Å². The Kier molecular flexibility index (Phi) is 2.35. The third-order valence-electron chi connectivity index (χ3n) is 1.83. The van der Waals surface area contributed by atoms with E-state index < -0.39 is 0 Å². The van der Waals surface area contributed by atoms with Gasteiger partial charge in [-0.25, -0.2) is 4.79 Å². The summed E-state index contributed by atoms with van der Waals surface area (Å²) in [6.07, 6.45) is 3.11. The molecule has 0 aliphatic carbocycles. The predicted octanol–water partition coefficient (Wildman–Crippen LogP) is 2.47. The number of benzene rings is 1. The van der Waals surface area contributed by atoms with Crippen LogP contribution in [0.4, 0.5) is 0 Å². The summed E-state index contributed by atoms with van der Waals surface area (Å²) in [5.74, 6) is 0. The van der Waals surface area contributed by atoms with Crippen LogP contribution in [0.1, 0.15) is 0 Å². The molecule has 0 bridgehead atoms. The number of hydrogen-bond donors (Lipinski definition) is 1. The first-order valence-electron chi connectivity index (χ1n) is 3.90. The Labute approximate surface area is 89.9 Å². The molecule has 1 N–H and O–H groups in total. The van der Waals surface area contributed by atoms with Gasteiger partial charge in [-0.2, -0.15) is 0 Å². The molecule has 5 heteroatoms. The minimum atomic E-state index is -0.264. The van der Waals surface area contributed by atoms with Crippen molar-refractivity contribution in [3.05, 3.63) is 51.1 Å². The van der Waals surface area contributed by atoms with E-state index in [0.717, 1.165) is 0 Å². The van der Waals surface area contributed by atoms with Gasteiger partial charge >= 0.3 is 5.69 Å². The SMILES string of the molecule is O=c1[nH]ccn1-c1c(Cl)cccc1Cl. The van der Waals surface area contributed by atoms with Crippen LogP contribution in [0.5, 0.6) is 0 Å². The number of nitrogens with zero attached hydrogens (tertiary/aromatic N) is 1. The van der Waals surface area contributed by atoms with E-state index in [1.54, 1.807) is 24.4 Å². The van der Waals surface area contributed by atoms with Crippen molar-refractivity contribution in [1.82, 2.24) is 9.55 Å². The largest absolute Gasteiger partial charge is 0.330 e. The number of rotatable bonds is 1. The molecule has 3 nitrogen and oxygen atoms in total. The first-order valence-corrected chi connectivity index (χ1v) is 4.66. The van der Waals surface area contributed by atoms with Gasteiger partial charge in [0.2, 0.25) is 0 Å². The lowest BCUT2D eigenvalue weighted by Gasteiger charge is -2.05. The maximum absolute atomic E-state index is 11.3. The van der Waals surface area contributed by atoms with Crippen molar-refractivity contribution in [3.63, 3.8) is 0 Å². The second-order valence-electron chi connectivity index (χ2n) is 2.71. The molecule has 14 heavy (non-hydrogen) atoms. The molecule has 0 aliphatic rings. The Morgan fingerprint density at radius 2 is 1.86 bits per heavy atom. The summed E-state index contributed by atoms with van der Waals surface area (Å²) in [4.78, 5) is 13.8. The van der Waals surface area contributed by atoms with Crippen molar-refractivity contribution in [2.75, 3.05) is 0 Å². The summed E-state index contributed by atoms with van der Waals surface area (Å²) < 4.78 is 1.37. The van der Waals surface area contributed by atoms with E-state index in [2.05, 4.69) is 4.98 Å². The molecule has 2 aromatic rings. The maximum Gasteiger partial charge on any atom is 0.330 e. The topological polar surface area (TPSA) is 37.8 Å². The van der Waals surface area contributed by atoms with Crippen LogP contribution in [0.3, 0.4) is 0 Å². The fraction of sp³-hybridized carbons (Fsp3) is 0. The number of nitrogens with one attached hydrogen (secondary N) is 1. The number of halogens is 2. The van der Waals surface area contributed by atoms with E-state index >= 15 is 0 Å². The number of hydrogen-bond acceptors (Lipinski definition) is 1. The number of para-hydroxylation sites is 1. The van der Waals surface area contributed by atoms with E-state index in [0.29, 0.717) is 15.7 Å². The van der Waals surface area contributed by atoms with E-state index in [1.807, 2.05) is 0 Å². The molecule has 72 valence electrons. The maximum atomic E-state index is 11.3. The average molecular weight is 229 g/mol. The average Bonchev–Trinajstić information content (AvgIpc) is 2.52. The highest BCUT2D eigenvalue weighted by molar-refractivity contribution is 6.37. The lowest BCUT2D eigenvalue weighted by atomic mass is 10.3. The molecule has 1 heterocycles. The first-order chi connectivity index (χ1) is 6.70. The molecular formula is C9H6Cl2N2O. The number of aromatic nitrogens is 2. The normalized spacial score (nSPS) is 10.4. The zero-order chi connectivity index (χ0) is 10.1. The van der Waals surface area contributed by atoms with Gasteiger partial charge in [0.1, 0.15) is 0 Å². The Balaban J connectivity index is 2.74. The molecule has 2 rings (SSSR count). The van der Waals surface area contributed by atoms with Gasteiger partial charge in [-0.15, -0.1) is 0 Å². The molecule has 0 amide bonds. The molecular weight excluding hydrogens is 223 g/mol. The number of imidazole rings is 1. The lowest BCUT2D eigenvalue weighted by Crippen LogP contribution is -2.14. The third-order valence-corrected chi connectivity index (χ3v) is 2.44. The Morgan fingerprint density at radius 3 is 2.36 bits per heavy atom. The van der Waals surface area contributed by atoms with Crippen LogP contribution in [0.2, 0.25) is 10.0 Å². The highest BCUT2D eigenvalue weighted by Crippen LogP contribution is 2.26. The molecule has 0 spiro atoms. The second-order valence-corrected chi connectivity index (χ2v) is 3.52. The second kappa shape index (κ2) is 3.52. The molecule has 0 aliphatic heterocycles. The van der Waals surface area contributed by atoms with Crippen molar-refractivity contribution in [1.29, 1.82) is 0 Å². The van der Waals surface area contributed by atoms with Gasteiger partial charge in [0.05, 0.1) is 15.7 Å². The van der Waals surface area contributed by atoms with Gasteiger partial charge in [-0.05, 0) is 12.1 Å². The summed E-state index contributed by atoms with van der Waals surface area (Å²) in [5, 5.41) is 0.887. The van der Waals surface area contributed by atoms with Crippen molar-refractivity contribution >= 4 is 23.2 Å². The Bertz CT molecular complexity index is 495. The fourth-order valence-corrected chi connectivity index (χ4v) is 1.80. The van der Waals surface area contributed by atoms with Crippen LogP contribution in [0, 0.1) is 0 Å². The van der Waals surface area contributed by atoms with Crippen molar-refractivity contribution in [2.24, 2.45) is 0 Å². The first kappa shape index (κ1) is 9.37. The van der Waals surface area contributed by atoms with Crippen LogP contribution in [0.15, 0.2) is 35.4 Å². The predicted molar refractivity (Wildman–Crippen MR) is 56.4 cm³/mol. The Morgan fingerprint density at radius 1 is 1.21 bits per heavy atom. The van der Waals surface area contributed by atoms with Gasteiger partial charge in [0.25, 0.3) is 0 Å². The molecule has 0 saturated heterocycles. The summed E-state index contributed by atoms with van der Waals surface area (Å²) in [5.41, 5.74) is 0.238. The number of aromatic amines is 1. The molecule has 0 unspecified atom stereocenters. The summed E-state index contributed by atoms with van der Waals surface area (Å²) in [7, 11) is 0. The highest BCUT2D eigenvalue weighted by Gasteiger charge is 2.08. The highest BCUT2D eigenvalue weighted by atomic mass is 35.5. The van der Waals surface area contributed by atoms with Crippen molar-refractivity contribution in [2.45, 2.75) is 0 Å². The smallest absolute Gasteiger partial charge is 0.312 e. The molecule has 0 radical (unpaired) electrons. The zero-order valence-electron chi connectivity index (χ0n) is 7.00. The van der Waals surface area contributed by atoms with Gasteiger partial charge in [0.15, 0.2) is 0 Å². The van der Waals surface area contributed by atoms with Crippen LogP contribution in [-0.2, 0) is 0 Å². The standard InChI is InChI=1S/C9H6Cl2N2O/c10-6-2-1-3-7(11)8(6)13-5-4-12-9(13)14/h1-5H,(H,12,14). The van der Waals surface area contributed by atoms with E-state index in [-0.39, 0.29) is 5.69 Å². The summed E-state index contributed by atoms with van der Waals surface area (Å²) in [6, 6.07) is 5.09. The quantitative estimate of drug-likeness (QED) is 0.801. The van der Waals surface area contributed by atoms with Gasteiger partial charge in [-0.3, -0.25) is 4.57 Å². The van der Waals surface area contributed by atoms with Crippen molar-refractivity contribution < 1.29 is 0 Å².